The highest BCUT2D eigenvalue weighted by atomic mass is 14.4. The highest BCUT2D eigenvalue weighted by molar-refractivity contribution is 5.30. The Morgan fingerprint density at radius 3 is 1.50 bits per heavy atom. The number of rotatable bonds is 2. The quantitative estimate of drug-likeness (QED) is 0.637. The number of hydrogen-bond donors (Lipinski definition) is 0. The molecule has 0 saturated carbocycles. The van der Waals surface area contributed by atoms with Crippen molar-refractivity contribution in [3.05, 3.63) is 35.4 Å². The van der Waals surface area contributed by atoms with Crippen LogP contribution in [0.25, 0.3) is 0 Å². The summed E-state index contributed by atoms with van der Waals surface area (Å²) >= 11 is 0. The first-order valence-corrected chi connectivity index (χ1v) is 7.03. The zero-order chi connectivity index (χ0) is 14.2. The average molecular weight is 246 g/mol. The lowest BCUT2D eigenvalue weighted by Gasteiger charge is -2.39. The van der Waals surface area contributed by atoms with Gasteiger partial charge in [-0.05, 0) is 33.8 Å². The van der Waals surface area contributed by atoms with Gasteiger partial charge in [0.05, 0.1) is 0 Å². The second-order valence-corrected chi connectivity index (χ2v) is 8.31. The molecule has 0 nitrogen and oxygen atoms in total. The topological polar surface area (TPSA) is 0 Å². The molecule has 0 unspecified atom stereocenters. The third-order valence-corrected chi connectivity index (χ3v) is 4.29. The second kappa shape index (κ2) is 4.72. The lowest BCUT2D eigenvalue weighted by Crippen LogP contribution is -2.33. The summed E-state index contributed by atoms with van der Waals surface area (Å²) in [5.41, 5.74) is 3.72. The highest BCUT2D eigenvalue weighted by Gasteiger charge is 2.34. The third-order valence-electron chi connectivity index (χ3n) is 4.29. The van der Waals surface area contributed by atoms with Crippen LogP contribution in [-0.2, 0) is 11.8 Å². The van der Waals surface area contributed by atoms with E-state index in [2.05, 4.69) is 79.7 Å². The second-order valence-electron chi connectivity index (χ2n) is 8.31. The van der Waals surface area contributed by atoms with Crippen molar-refractivity contribution < 1.29 is 0 Å². The molecule has 0 atom stereocenters. The largest absolute Gasteiger partial charge is 0.0599 e. The lowest BCUT2D eigenvalue weighted by molar-refractivity contribution is 0.225. The fourth-order valence-electron chi connectivity index (χ4n) is 2.08. The van der Waals surface area contributed by atoms with Gasteiger partial charge in [0.2, 0.25) is 0 Å². The van der Waals surface area contributed by atoms with Gasteiger partial charge in [-0.1, -0.05) is 79.7 Å². The van der Waals surface area contributed by atoms with Gasteiger partial charge < -0.3 is 0 Å². The molecule has 0 heteroatoms. The van der Waals surface area contributed by atoms with Gasteiger partial charge in [0.1, 0.15) is 0 Å². The molecular formula is C18H30. The SMILES string of the molecule is CC(C)(C)Cc1ccc(C(C)(C)C(C)(C)C)cc1. The van der Waals surface area contributed by atoms with E-state index in [-0.39, 0.29) is 10.8 Å². The molecule has 0 aliphatic heterocycles. The van der Waals surface area contributed by atoms with Crippen LogP contribution in [0.5, 0.6) is 0 Å². The molecule has 0 aromatic heterocycles. The normalized spacial score (nSPS) is 13.8. The summed E-state index contributed by atoms with van der Waals surface area (Å²) in [6.45, 7) is 18.5. The van der Waals surface area contributed by atoms with Crippen molar-refractivity contribution in [1.82, 2.24) is 0 Å². The Morgan fingerprint density at radius 1 is 0.722 bits per heavy atom. The predicted octanol–water partition coefficient (Wildman–Crippen LogP) is 5.60. The van der Waals surface area contributed by atoms with Crippen molar-refractivity contribution in [3.63, 3.8) is 0 Å². The average Bonchev–Trinajstić information content (AvgIpc) is 2.14. The van der Waals surface area contributed by atoms with Crippen molar-refractivity contribution in [2.75, 3.05) is 0 Å². The van der Waals surface area contributed by atoms with Crippen molar-refractivity contribution >= 4 is 0 Å². The van der Waals surface area contributed by atoms with Crippen LogP contribution in [0.1, 0.15) is 66.5 Å². The van der Waals surface area contributed by atoms with Crippen LogP contribution in [0, 0.1) is 10.8 Å². The first-order valence-electron chi connectivity index (χ1n) is 7.03. The molecule has 0 radical (unpaired) electrons. The molecule has 0 saturated heterocycles. The minimum absolute atomic E-state index is 0.202. The first kappa shape index (κ1) is 15.3. The Hall–Kier alpha value is -0.780. The maximum absolute atomic E-state index is 2.34. The van der Waals surface area contributed by atoms with E-state index in [0.29, 0.717) is 5.41 Å². The van der Waals surface area contributed by atoms with Crippen molar-refractivity contribution in [3.8, 4) is 0 Å². The summed E-state index contributed by atoms with van der Waals surface area (Å²) in [5, 5.41) is 0. The molecule has 1 aromatic rings. The van der Waals surface area contributed by atoms with Gasteiger partial charge in [0.15, 0.2) is 0 Å². The van der Waals surface area contributed by atoms with Crippen LogP contribution in [0.3, 0.4) is 0 Å². The molecule has 0 spiro atoms. The van der Waals surface area contributed by atoms with Gasteiger partial charge in [0, 0.05) is 0 Å². The monoisotopic (exact) mass is 246 g/mol. The van der Waals surface area contributed by atoms with Crippen molar-refractivity contribution in [1.29, 1.82) is 0 Å². The maximum Gasteiger partial charge on any atom is -0.00551 e. The Morgan fingerprint density at radius 2 is 1.17 bits per heavy atom. The zero-order valence-electron chi connectivity index (χ0n) is 13.5. The number of benzene rings is 1. The molecule has 0 fully saturated rings. The minimum atomic E-state index is 0.202. The fraction of sp³-hybridized carbons (Fsp3) is 0.667. The summed E-state index contributed by atoms with van der Waals surface area (Å²) in [4.78, 5) is 0. The van der Waals surface area contributed by atoms with Crippen LogP contribution in [0.2, 0.25) is 0 Å². The molecule has 0 heterocycles. The molecule has 0 aliphatic rings. The molecule has 0 aliphatic carbocycles. The molecule has 1 rings (SSSR count). The predicted molar refractivity (Wildman–Crippen MR) is 82.1 cm³/mol. The Labute approximate surface area is 114 Å². The summed E-state index contributed by atoms with van der Waals surface area (Å²) in [5.74, 6) is 0. The fourth-order valence-corrected chi connectivity index (χ4v) is 2.08. The van der Waals surface area contributed by atoms with Crippen LogP contribution in [-0.4, -0.2) is 0 Å². The van der Waals surface area contributed by atoms with Crippen LogP contribution < -0.4 is 0 Å². The molecule has 0 amide bonds. The summed E-state index contributed by atoms with van der Waals surface area (Å²) in [7, 11) is 0. The Bertz CT molecular complexity index is 380. The zero-order valence-corrected chi connectivity index (χ0v) is 13.5. The van der Waals surface area contributed by atoms with Crippen LogP contribution >= 0.6 is 0 Å². The van der Waals surface area contributed by atoms with Gasteiger partial charge in [-0.15, -0.1) is 0 Å². The van der Waals surface area contributed by atoms with E-state index >= 15 is 0 Å². The summed E-state index contributed by atoms with van der Waals surface area (Å²) in [6.07, 6.45) is 1.14. The maximum atomic E-state index is 2.34. The van der Waals surface area contributed by atoms with E-state index in [4.69, 9.17) is 0 Å². The third kappa shape index (κ3) is 3.60. The van der Waals surface area contributed by atoms with Gasteiger partial charge in [-0.2, -0.15) is 0 Å². The van der Waals surface area contributed by atoms with E-state index in [9.17, 15) is 0 Å². The molecule has 0 N–H and O–H groups in total. The van der Waals surface area contributed by atoms with E-state index in [1.807, 2.05) is 0 Å². The standard InChI is InChI=1S/C18H30/c1-16(2,3)13-14-9-11-15(12-10-14)18(7,8)17(4,5)6/h9-12H,13H2,1-8H3. The van der Waals surface area contributed by atoms with Gasteiger partial charge in [-0.3, -0.25) is 0 Å². The Balaban J connectivity index is 2.97. The van der Waals surface area contributed by atoms with E-state index < -0.39 is 0 Å². The Kier molecular flexibility index (Phi) is 4.00. The molecule has 1 aromatic carbocycles. The van der Waals surface area contributed by atoms with Crippen molar-refractivity contribution in [2.45, 2.75) is 67.2 Å². The molecule has 18 heavy (non-hydrogen) atoms. The van der Waals surface area contributed by atoms with Crippen LogP contribution in [0.15, 0.2) is 24.3 Å². The first-order chi connectivity index (χ1) is 7.93. The molecular weight excluding hydrogens is 216 g/mol. The summed E-state index contributed by atoms with van der Waals surface area (Å²) in [6, 6.07) is 9.22. The highest BCUT2D eigenvalue weighted by Crippen LogP contribution is 2.40. The van der Waals surface area contributed by atoms with E-state index in [1.54, 1.807) is 0 Å². The van der Waals surface area contributed by atoms with E-state index in [0.717, 1.165) is 6.42 Å². The smallest absolute Gasteiger partial charge is 0.00551 e. The van der Waals surface area contributed by atoms with Crippen molar-refractivity contribution in [2.24, 2.45) is 10.8 Å². The van der Waals surface area contributed by atoms with E-state index in [1.165, 1.54) is 11.1 Å². The minimum Gasteiger partial charge on any atom is -0.0599 e. The summed E-state index contributed by atoms with van der Waals surface area (Å²) < 4.78 is 0. The van der Waals surface area contributed by atoms with Gasteiger partial charge in [0.25, 0.3) is 0 Å². The van der Waals surface area contributed by atoms with Gasteiger partial charge in [-0.25, -0.2) is 0 Å². The molecule has 102 valence electrons. The van der Waals surface area contributed by atoms with Crippen LogP contribution in [0.4, 0.5) is 0 Å². The molecule has 0 bridgehead atoms. The number of hydrogen-bond acceptors (Lipinski definition) is 0. The lowest BCUT2D eigenvalue weighted by atomic mass is 9.65. The van der Waals surface area contributed by atoms with Gasteiger partial charge >= 0.3 is 0 Å².